The number of anilines is 3. The van der Waals surface area contributed by atoms with Gasteiger partial charge < -0.3 is 21.1 Å². The average Bonchev–Trinajstić information content (AvgIpc) is 3.33. The van der Waals surface area contributed by atoms with Crippen molar-refractivity contribution in [3.63, 3.8) is 0 Å². The quantitative estimate of drug-likeness (QED) is 0.343. The first-order chi connectivity index (χ1) is 17.8. The summed E-state index contributed by atoms with van der Waals surface area (Å²) < 4.78 is 40.3. The SMILES string of the molecule is Cc1nc(N[C@H](C)c2cc(N)cc(C(F)(F)F)c2)c2cc(N3CCC(C(C)(C)O)CC3)c3c(c2n1)CCC3. The van der Waals surface area contributed by atoms with Crippen LogP contribution in [0.15, 0.2) is 24.3 Å². The smallest absolute Gasteiger partial charge is 0.399 e. The van der Waals surface area contributed by atoms with Gasteiger partial charge in [-0.3, -0.25) is 0 Å². The highest BCUT2D eigenvalue weighted by Crippen LogP contribution is 2.41. The number of hydrogen-bond donors (Lipinski definition) is 3. The van der Waals surface area contributed by atoms with Crippen LogP contribution in [0.2, 0.25) is 0 Å². The average molecular weight is 528 g/mol. The Kier molecular flexibility index (Phi) is 6.70. The Hall–Kier alpha value is -3.07. The van der Waals surface area contributed by atoms with Gasteiger partial charge in [0.25, 0.3) is 0 Å². The maximum Gasteiger partial charge on any atom is 0.416 e. The zero-order valence-electron chi connectivity index (χ0n) is 22.4. The van der Waals surface area contributed by atoms with Crippen molar-refractivity contribution in [3.8, 4) is 0 Å². The van der Waals surface area contributed by atoms with Crippen molar-refractivity contribution >= 4 is 28.1 Å². The van der Waals surface area contributed by atoms with Gasteiger partial charge in [-0.15, -0.1) is 0 Å². The summed E-state index contributed by atoms with van der Waals surface area (Å²) >= 11 is 0. The number of alkyl halides is 3. The fourth-order valence-electron chi connectivity index (χ4n) is 6.06. The molecule has 38 heavy (non-hydrogen) atoms. The molecular weight excluding hydrogens is 491 g/mol. The zero-order chi connectivity index (χ0) is 27.4. The molecule has 1 aliphatic heterocycles. The Morgan fingerprint density at radius 3 is 2.39 bits per heavy atom. The minimum atomic E-state index is -4.48. The monoisotopic (exact) mass is 527 g/mol. The highest BCUT2D eigenvalue weighted by molar-refractivity contribution is 5.96. The number of nitrogens with two attached hydrogens (primary N) is 1. The number of aliphatic hydroxyl groups is 1. The fourth-order valence-corrected chi connectivity index (χ4v) is 6.06. The third kappa shape index (κ3) is 5.13. The molecule has 6 nitrogen and oxygen atoms in total. The van der Waals surface area contributed by atoms with E-state index in [4.69, 9.17) is 10.7 Å². The van der Waals surface area contributed by atoms with E-state index in [9.17, 15) is 18.3 Å². The lowest BCUT2D eigenvalue weighted by Gasteiger charge is -2.39. The van der Waals surface area contributed by atoms with E-state index in [1.165, 1.54) is 16.8 Å². The summed E-state index contributed by atoms with van der Waals surface area (Å²) in [6.07, 6.45) is 0.357. The lowest BCUT2D eigenvalue weighted by Crippen LogP contribution is -2.42. The number of aromatic nitrogens is 2. The first-order valence-corrected chi connectivity index (χ1v) is 13.4. The second-order valence-corrected chi connectivity index (χ2v) is 11.4. The molecule has 0 radical (unpaired) electrons. The van der Waals surface area contributed by atoms with Crippen molar-refractivity contribution in [1.29, 1.82) is 0 Å². The molecule has 1 atom stereocenters. The van der Waals surface area contributed by atoms with E-state index in [0.717, 1.165) is 68.2 Å². The van der Waals surface area contributed by atoms with Crippen LogP contribution in [0.5, 0.6) is 0 Å². The number of nitrogens with one attached hydrogen (secondary N) is 1. The summed E-state index contributed by atoms with van der Waals surface area (Å²) in [4.78, 5) is 11.9. The summed E-state index contributed by atoms with van der Waals surface area (Å²) in [7, 11) is 0. The molecule has 0 saturated carbocycles. The number of fused-ring (bicyclic) bond motifs is 3. The molecule has 0 spiro atoms. The van der Waals surface area contributed by atoms with Crippen molar-refractivity contribution in [2.45, 2.75) is 77.6 Å². The van der Waals surface area contributed by atoms with E-state index in [0.29, 0.717) is 17.2 Å². The number of rotatable bonds is 5. The number of benzene rings is 2. The standard InChI is InChI=1S/C29H36F3N5O/c1-16(18-12-20(29(30,31)32)14-21(33)13-18)34-27-24-15-25(37-10-8-19(9-11-37)28(3,4)38)22-6-5-7-23(22)26(24)35-17(2)36-27/h12-16,19,38H,5-11,33H2,1-4H3,(H,34,35,36)/t16-/m1/s1. The van der Waals surface area contributed by atoms with Crippen LogP contribution >= 0.6 is 0 Å². The zero-order valence-corrected chi connectivity index (χ0v) is 22.4. The molecule has 0 bridgehead atoms. The minimum absolute atomic E-state index is 0.0711. The second-order valence-electron chi connectivity index (χ2n) is 11.4. The number of nitrogen functional groups attached to an aromatic ring is 1. The Morgan fingerprint density at radius 2 is 1.74 bits per heavy atom. The first kappa shape index (κ1) is 26.5. The normalized spacial score (nSPS) is 17.6. The summed E-state index contributed by atoms with van der Waals surface area (Å²) in [6, 6.07) is 5.35. The highest BCUT2D eigenvalue weighted by atomic mass is 19.4. The summed E-state index contributed by atoms with van der Waals surface area (Å²) in [5.74, 6) is 1.48. The third-order valence-electron chi connectivity index (χ3n) is 8.14. The van der Waals surface area contributed by atoms with E-state index in [-0.39, 0.29) is 11.6 Å². The van der Waals surface area contributed by atoms with E-state index in [1.54, 1.807) is 6.07 Å². The van der Waals surface area contributed by atoms with Gasteiger partial charge in [-0.05, 0) is 107 Å². The Bertz CT molecular complexity index is 1360. The molecule has 2 aromatic carbocycles. The molecular formula is C29H36F3N5O. The molecule has 204 valence electrons. The molecule has 1 fully saturated rings. The van der Waals surface area contributed by atoms with E-state index in [2.05, 4.69) is 21.3 Å². The lowest BCUT2D eigenvalue weighted by atomic mass is 9.83. The van der Waals surface area contributed by atoms with Crippen LogP contribution in [0.3, 0.4) is 0 Å². The summed E-state index contributed by atoms with van der Waals surface area (Å²) in [5.41, 5.74) is 9.56. The predicted octanol–water partition coefficient (Wildman–Crippen LogP) is 6.19. The number of nitrogens with zero attached hydrogens (tertiary/aromatic N) is 3. The Labute approximate surface area is 221 Å². The predicted molar refractivity (Wildman–Crippen MR) is 145 cm³/mol. The molecule has 1 aromatic heterocycles. The van der Waals surface area contributed by atoms with E-state index < -0.39 is 23.4 Å². The molecule has 3 aromatic rings. The van der Waals surface area contributed by atoms with Crippen molar-refractivity contribution in [2.75, 3.05) is 29.0 Å². The number of hydrogen-bond acceptors (Lipinski definition) is 6. The van der Waals surface area contributed by atoms with Crippen LogP contribution in [0.4, 0.5) is 30.4 Å². The van der Waals surface area contributed by atoms with Crippen LogP contribution in [-0.4, -0.2) is 33.8 Å². The van der Waals surface area contributed by atoms with Crippen LogP contribution < -0.4 is 16.0 Å². The number of piperidine rings is 1. The molecule has 1 saturated heterocycles. The van der Waals surface area contributed by atoms with Crippen molar-refractivity contribution in [1.82, 2.24) is 9.97 Å². The molecule has 2 aliphatic rings. The molecule has 4 N–H and O–H groups in total. The molecule has 1 aliphatic carbocycles. The van der Waals surface area contributed by atoms with Crippen molar-refractivity contribution < 1.29 is 18.3 Å². The van der Waals surface area contributed by atoms with Crippen molar-refractivity contribution in [3.05, 3.63) is 52.3 Å². The Morgan fingerprint density at radius 1 is 1.05 bits per heavy atom. The maximum atomic E-state index is 13.4. The number of halogens is 3. The van der Waals surface area contributed by atoms with Gasteiger partial charge in [0.05, 0.1) is 22.7 Å². The molecule has 0 amide bonds. The molecule has 0 unspecified atom stereocenters. The van der Waals surface area contributed by atoms with Gasteiger partial charge in [-0.2, -0.15) is 13.2 Å². The van der Waals surface area contributed by atoms with Crippen LogP contribution in [0.1, 0.15) is 74.2 Å². The van der Waals surface area contributed by atoms with Crippen LogP contribution in [0.25, 0.3) is 10.9 Å². The van der Waals surface area contributed by atoms with E-state index >= 15 is 0 Å². The van der Waals surface area contributed by atoms with Gasteiger partial charge >= 0.3 is 6.18 Å². The van der Waals surface area contributed by atoms with Gasteiger partial charge in [0.2, 0.25) is 0 Å². The minimum Gasteiger partial charge on any atom is -0.399 e. The summed E-state index contributed by atoms with van der Waals surface area (Å²) in [6.45, 7) is 9.15. The third-order valence-corrected chi connectivity index (χ3v) is 8.14. The Balaban J connectivity index is 1.53. The van der Waals surface area contributed by atoms with Gasteiger partial charge in [0.15, 0.2) is 0 Å². The van der Waals surface area contributed by atoms with Crippen LogP contribution in [0, 0.1) is 12.8 Å². The topological polar surface area (TPSA) is 87.3 Å². The first-order valence-electron chi connectivity index (χ1n) is 13.4. The summed E-state index contributed by atoms with van der Waals surface area (Å²) in [5, 5.41) is 14.7. The lowest BCUT2D eigenvalue weighted by molar-refractivity contribution is -0.137. The van der Waals surface area contributed by atoms with Crippen molar-refractivity contribution in [2.24, 2.45) is 5.92 Å². The van der Waals surface area contributed by atoms with Gasteiger partial charge in [-0.1, -0.05) is 0 Å². The fraction of sp³-hybridized carbons (Fsp3) is 0.517. The van der Waals surface area contributed by atoms with Gasteiger partial charge in [0.1, 0.15) is 11.6 Å². The molecule has 2 heterocycles. The molecule has 5 rings (SSSR count). The van der Waals surface area contributed by atoms with Gasteiger partial charge in [-0.25, -0.2) is 9.97 Å². The van der Waals surface area contributed by atoms with Gasteiger partial charge in [0, 0.05) is 29.9 Å². The second kappa shape index (κ2) is 9.59. The number of aryl methyl sites for hydroxylation is 2. The largest absolute Gasteiger partial charge is 0.416 e. The maximum absolute atomic E-state index is 13.4. The highest BCUT2D eigenvalue weighted by Gasteiger charge is 2.33. The van der Waals surface area contributed by atoms with E-state index in [1.807, 2.05) is 27.7 Å². The molecule has 9 heteroatoms. The van der Waals surface area contributed by atoms with Crippen LogP contribution in [-0.2, 0) is 19.0 Å².